The fraction of sp³-hybridized carbons (Fsp3) is 0.667. The van der Waals surface area contributed by atoms with Crippen LogP contribution in [0.4, 0.5) is 5.69 Å². The minimum Gasteiger partial charge on any atom is -0.366 e. The maximum atomic E-state index is 3.40. The second-order valence-electron chi connectivity index (χ2n) is 8.77. The van der Waals surface area contributed by atoms with Crippen LogP contribution in [0.5, 0.6) is 0 Å². The normalized spacial score (nSPS) is 21.6. The van der Waals surface area contributed by atoms with E-state index in [1.807, 2.05) is 0 Å². The summed E-state index contributed by atoms with van der Waals surface area (Å²) in [5.74, 6) is 2.01. The van der Waals surface area contributed by atoms with Gasteiger partial charge >= 0.3 is 0 Å². The number of nitrogens with one attached hydrogen (secondary N) is 1. The average molecular weight is 402 g/mol. The molecule has 2 aliphatic rings. The van der Waals surface area contributed by atoms with E-state index in [0.29, 0.717) is 6.04 Å². The van der Waals surface area contributed by atoms with Crippen LogP contribution in [0.1, 0.15) is 65.4 Å². The van der Waals surface area contributed by atoms with Crippen LogP contribution in [0.15, 0.2) is 29.8 Å². The molecule has 156 valence electrons. The first-order chi connectivity index (χ1) is 13.6. The van der Waals surface area contributed by atoms with Crippen LogP contribution in [-0.4, -0.2) is 47.8 Å². The number of hydrogen-bond donors (Lipinski definition) is 1. The van der Waals surface area contributed by atoms with Crippen LogP contribution >= 0.6 is 11.9 Å². The number of benzene rings is 1. The Balaban J connectivity index is 1.64. The van der Waals surface area contributed by atoms with E-state index in [2.05, 4.69) is 66.5 Å². The molecule has 3 nitrogen and oxygen atoms in total. The fourth-order valence-corrected chi connectivity index (χ4v) is 5.31. The predicted molar refractivity (Wildman–Crippen MR) is 126 cm³/mol. The van der Waals surface area contributed by atoms with Gasteiger partial charge in [-0.05, 0) is 57.2 Å². The van der Waals surface area contributed by atoms with Crippen LogP contribution < -0.4 is 4.72 Å². The first-order valence-corrected chi connectivity index (χ1v) is 12.2. The SMILES string of the molecule is CCSNc1ccc(C(=C(C)C)N2CCN(CC3CCCCC3)CC2C)cc1. The summed E-state index contributed by atoms with van der Waals surface area (Å²) in [6, 6.07) is 9.55. The topological polar surface area (TPSA) is 18.5 Å². The van der Waals surface area contributed by atoms with Gasteiger partial charge in [0.05, 0.1) is 0 Å². The van der Waals surface area contributed by atoms with Gasteiger partial charge in [0.1, 0.15) is 0 Å². The summed E-state index contributed by atoms with van der Waals surface area (Å²) >= 11 is 1.75. The number of allylic oxidation sites excluding steroid dienone is 1. The molecule has 0 bridgehead atoms. The van der Waals surface area contributed by atoms with Crippen molar-refractivity contribution in [2.24, 2.45) is 5.92 Å². The van der Waals surface area contributed by atoms with E-state index in [1.54, 1.807) is 11.9 Å². The molecule has 0 spiro atoms. The molecule has 0 aromatic heterocycles. The molecule has 0 amide bonds. The third kappa shape index (κ3) is 5.70. The zero-order chi connectivity index (χ0) is 19.9. The lowest BCUT2D eigenvalue weighted by Gasteiger charge is -2.44. The largest absolute Gasteiger partial charge is 0.366 e. The maximum Gasteiger partial charge on any atom is 0.0440 e. The molecule has 1 N–H and O–H groups in total. The molecule has 0 radical (unpaired) electrons. The number of nitrogens with zero attached hydrogens (tertiary/aromatic N) is 2. The summed E-state index contributed by atoms with van der Waals surface area (Å²) in [7, 11) is 0. The molecule has 1 unspecified atom stereocenters. The molecule has 1 saturated carbocycles. The van der Waals surface area contributed by atoms with Gasteiger partial charge in [0, 0.05) is 49.4 Å². The third-order valence-electron chi connectivity index (χ3n) is 6.21. The molecule has 1 aromatic carbocycles. The lowest BCUT2D eigenvalue weighted by molar-refractivity contribution is 0.104. The molecule has 1 saturated heterocycles. The van der Waals surface area contributed by atoms with Crippen molar-refractivity contribution < 1.29 is 0 Å². The molecule has 1 heterocycles. The van der Waals surface area contributed by atoms with Gasteiger partial charge in [-0.1, -0.05) is 55.8 Å². The smallest absolute Gasteiger partial charge is 0.0440 e. The van der Waals surface area contributed by atoms with E-state index in [1.165, 1.54) is 74.3 Å². The third-order valence-corrected chi connectivity index (χ3v) is 6.87. The first-order valence-electron chi connectivity index (χ1n) is 11.2. The van der Waals surface area contributed by atoms with Crippen molar-refractivity contribution in [2.45, 2.75) is 65.8 Å². The number of anilines is 1. The Kier molecular flexibility index (Phi) is 8.16. The van der Waals surface area contributed by atoms with Crippen LogP contribution in [-0.2, 0) is 0 Å². The highest BCUT2D eigenvalue weighted by Gasteiger charge is 2.28. The quantitative estimate of drug-likeness (QED) is 0.556. The molecular weight excluding hydrogens is 362 g/mol. The van der Waals surface area contributed by atoms with Gasteiger partial charge in [-0.3, -0.25) is 4.90 Å². The van der Waals surface area contributed by atoms with Crippen molar-refractivity contribution in [3.63, 3.8) is 0 Å². The molecule has 1 atom stereocenters. The van der Waals surface area contributed by atoms with E-state index in [-0.39, 0.29) is 0 Å². The van der Waals surface area contributed by atoms with Crippen molar-refractivity contribution >= 4 is 23.3 Å². The molecular formula is C24H39N3S. The van der Waals surface area contributed by atoms with Crippen molar-refractivity contribution in [1.29, 1.82) is 0 Å². The molecule has 2 fully saturated rings. The highest BCUT2D eigenvalue weighted by molar-refractivity contribution is 8.00. The summed E-state index contributed by atoms with van der Waals surface area (Å²) in [5, 5.41) is 0. The fourth-order valence-electron chi connectivity index (χ4n) is 4.86. The Hall–Kier alpha value is -1.13. The second kappa shape index (κ2) is 10.6. The molecule has 3 rings (SSSR count). The number of hydrogen-bond acceptors (Lipinski definition) is 4. The van der Waals surface area contributed by atoms with Crippen LogP contribution in [0, 0.1) is 5.92 Å². The molecule has 1 aromatic rings. The number of piperazine rings is 1. The van der Waals surface area contributed by atoms with Crippen LogP contribution in [0.3, 0.4) is 0 Å². The van der Waals surface area contributed by atoms with Crippen molar-refractivity contribution in [1.82, 2.24) is 9.80 Å². The van der Waals surface area contributed by atoms with E-state index in [4.69, 9.17) is 0 Å². The Morgan fingerprint density at radius 3 is 2.39 bits per heavy atom. The molecule has 4 heteroatoms. The van der Waals surface area contributed by atoms with Gasteiger partial charge in [0.2, 0.25) is 0 Å². The molecule has 1 aliphatic heterocycles. The standard InChI is InChI=1S/C24H39N3S/c1-5-28-25-23-13-11-22(12-14-23)24(19(2)3)27-16-15-26(17-20(27)4)18-21-9-7-6-8-10-21/h11-14,20-21,25H,5-10,15-18H2,1-4H3. The predicted octanol–water partition coefficient (Wildman–Crippen LogP) is 6.10. The summed E-state index contributed by atoms with van der Waals surface area (Å²) in [6.45, 7) is 13.9. The monoisotopic (exact) mass is 401 g/mol. The van der Waals surface area contributed by atoms with Gasteiger partial charge in [0.25, 0.3) is 0 Å². The van der Waals surface area contributed by atoms with Gasteiger partial charge in [-0.2, -0.15) is 0 Å². The summed E-state index contributed by atoms with van der Waals surface area (Å²) in [4.78, 5) is 5.38. The zero-order valence-electron chi connectivity index (χ0n) is 18.3. The lowest BCUT2D eigenvalue weighted by Crippen LogP contribution is -2.52. The molecule has 1 aliphatic carbocycles. The molecule has 28 heavy (non-hydrogen) atoms. The van der Waals surface area contributed by atoms with Gasteiger partial charge in [0.15, 0.2) is 0 Å². The summed E-state index contributed by atoms with van der Waals surface area (Å²) in [5.41, 5.74) is 5.38. The van der Waals surface area contributed by atoms with Crippen molar-refractivity contribution in [3.05, 3.63) is 35.4 Å². The van der Waals surface area contributed by atoms with Crippen LogP contribution in [0.25, 0.3) is 5.70 Å². The van der Waals surface area contributed by atoms with E-state index < -0.39 is 0 Å². The lowest BCUT2D eigenvalue weighted by atomic mass is 9.88. The van der Waals surface area contributed by atoms with Gasteiger partial charge < -0.3 is 9.62 Å². The van der Waals surface area contributed by atoms with Crippen molar-refractivity contribution in [2.75, 3.05) is 36.7 Å². The number of rotatable bonds is 7. The first kappa shape index (κ1) is 21.6. The maximum absolute atomic E-state index is 3.40. The minimum absolute atomic E-state index is 0.565. The second-order valence-corrected chi connectivity index (χ2v) is 9.84. The summed E-state index contributed by atoms with van der Waals surface area (Å²) < 4.78 is 3.40. The van der Waals surface area contributed by atoms with Gasteiger partial charge in [-0.25, -0.2) is 0 Å². The van der Waals surface area contributed by atoms with E-state index in [0.717, 1.165) is 18.2 Å². The minimum atomic E-state index is 0.565. The van der Waals surface area contributed by atoms with Gasteiger partial charge in [-0.15, -0.1) is 0 Å². The zero-order valence-corrected chi connectivity index (χ0v) is 19.2. The Labute approximate surface area is 177 Å². The van der Waals surface area contributed by atoms with E-state index >= 15 is 0 Å². The Bertz CT molecular complexity index is 630. The highest BCUT2D eigenvalue weighted by atomic mass is 32.2. The summed E-state index contributed by atoms with van der Waals surface area (Å²) in [6.07, 6.45) is 7.25. The Morgan fingerprint density at radius 1 is 1.07 bits per heavy atom. The average Bonchev–Trinajstić information content (AvgIpc) is 2.70. The van der Waals surface area contributed by atoms with Crippen LogP contribution in [0.2, 0.25) is 0 Å². The van der Waals surface area contributed by atoms with Crippen molar-refractivity contribution in [3.8, 4) is 0 Å². The highest BCUT2D eigenvalue weighted by Crippen LogP contribution is 2.30. The van der Waals surface area contributed by atoms with E-state index in [9.17, 15) is 0 Å². The Morgan fingerprint density at radius 2 is 1.79 bits per heavy atom.